The number of β-amino-alcohol motifs (C(OH)–C–C–N with tert-alkyl or cyclic N) is 1. The molecule has 114 valence electrons. The van der Waals surface area contributed by atoms with E-state index in [2.05, 4.69) is 0 Å². The number of aryl methyl sites for hydroxylation is 1. The summed E-state index contributed by atoms with van der Waals surface area (Å²) in [6.45, 7) is 2.44. The Balaban J connectivity index is 2.08. The number of carbonyl (C=O) groups excluding carboxylic acids is 1. The molecule has 1 saturated heterocycles. The van der Waals surface area contributed by atoms with Gasteiger partial charge in [0.15, 0.2) is 0 Å². The van der Waals surface area contributed by atoms with Crippen molar-refractivity contribution >= 4 is 12.0 Å². The lowest BCUT2D eigenvalue weighted by molar-refractivity contribution is -0.141. The molecule has 6 nitrogen and oxygen atoms in total. The van der Waals surface area contributed by atoms with Crippen LogP contribution in [0.4, 0.5) is 4.79 Å². The normalized spacial score (nSPS) is 21.4. The molecule has 1 heterocycles. The molecule has 2 atom stereocenters. The Bertz CT molecular complexity index is 546. The number of hydrogen-bond acceptors (Lipinski definition) is 3. The van der Waals surface area contributed by atoms with Gasteiger partial charge in [0.1, 0.15) is 6.04 Å². The van der Waals surface area contributed by atoms with Gasteiger partial charge in [-0.25, -0.2) is 9.59 Å². The van der Waals surface area contributed by atoms with Crippen molar-refractivity contribution in [2.45, 2.75) is 32.0 Å². The molecule has 2 rings (SSSR count). The Morgan fingerprint density at radius 1 is 1.38 bits per heavy atom. The number of nitrogens with zero attached hydrogens (tertiary/aromatic N) is 2. The molecule has 0 aliphatic carbocycles. The molecule has 1 aliphatic heterocycles. The highest BCUT2D eigenvalue weighted by Gasteiger charge is 2.40. The zero-order chi connectivity index (χ0) is 15.6. The number of urea groups is 1. The van der Waals surface area contributed by atoms with E-state index in [1.54, 1.807) is 7.05 Å². The van der Waals surface area contributed by atoms with Crippen LogP contribution in [-0.4, -0.2) is 57.8 Å². The molecular weight excluding hydrogens is 272 g/mol. The third kappa shape index (κ3) is 3.33. The fourth-order valence-electron chi connectivity index (χ4n) is 2.59. The van der Waals surface area contributed by atoms with Gasteiger partial charge >= 0.3 is 12.0 Å². The van der Waals surface area contributed by atoms with Gasteiger partial charge in [-0.3, -0.25) is 0 Å². The van der Waals surface area contributed by atoms with Crippen molar-refractivity contribution < 1.29 is 19.8 Å². The highest BCUT2D eigenvalue weighted by Crippen LogP contribution is 2.20. The minimum absolute atomic E-state index is 0.0634. The monoisotopic (exact) mass is 292 g/mol. The second kappa shape index (κ2) is 6.13. The van der Waals surface area contributed by atoms with E-state index in [-0.39, 0.29) is 19.0 Å². The van der Waals surface area contributed by atoms with Crippen molar-refractivity contribution in [3.05, 3.63) is 35.4 Å². The lowest BCUT2D eigenvalue weighted by atomic mass is 10.1. The minimum Gasteiger partial charge on any atom is -0.480 e. The molecule has 2 N–H and O–H groups in total. The first kappa shape index (κ1) is 15.3. The zero-order valence-electron chi connectivity index (χ0n) is 12.2. The third-order valence-corrected chi connectivity index (χ3v) is 3.81. The van der Waals surface area contributed by atoms with E-state index in [0.29, 0.717) is 6.54 Å². The number of carboxylic acid groups (broad SMARTS) is 1. The summed E-state index contributed by atoms with van der Waals surface area (Å²) in [6.07, 6.45) is -0.693. The van der Waals surface area contributed by atoms with Crippen LogP contribution >= 0.6 is 0 Å². The first-order chi connectivity index (χ1) is 9.90. The summed E-state index contributed by atoms with van der Waals surface area (Å²) in [5.74, 6) is -1.08. The number of rotatable bonds is 3. The van der Waals surface area contributed by atoms with Gasteiger partial charge in [0.2, 0.25) is 0 Å². The SMILES string of the molecule is Cc1ccccc1CN(C)C(=O)N1CC(O)CC1C(=O)O. The van der Waals surface area contributed by atoms with Crippen LogP contribution in [0.25, 0.3) is 0 Å². The Morgan fingerprint density at radius 2 is 2.05 bits per heavy atom. The molecule has 1 aromatic rings. The van der Waals surface area contributed by atoms with Crippen LogP contribution in [-0.2, 0) is 11.3 Å². The van der Waals surface area contributed by atoms with Gasteiger partial charge in [0.25, 0.3) is 0 Å². The number of aliphatic hydroxyl groups excluding tert-OH is 1. The zero-order valence-corrected chi connectivity index (χ0v) is 12.2. The maximum atomic E-state index is 12.4. The Hall–Kier alpha value is -2.08. The number of carboxylic acids is 1. The van der Waals surface area contributed by atoms with Gasteiger partial charge < -0.3 is 20.0 Å². The fourth-order valence-corrected chi connectivity index (χ4v) is 2.59. The molecule has 0 bridgehead atoms. The smallest absolute Gasteiger partial charge is 0.326 e. The standard InChI is InChI=1S/C15H20N2O4/c1-10-5-3-4-6-11(10)8-16(2)15(21)17-9-12(18)7-13(17)14(19)20/h3-6,12-13,18H,7-9H2,1-2H3,(H,19,20). The number of aliphatic carboxylic acids is 1. The van der Waals surface area contributed by atoms with Gasteiger partial charge in [0.05, 0.1) is 6.10 Å². The topological polar surface area (TPSA) is 81.1 Å². The van der Waals surface area contributed by atoms with Crippen molar-refractivity contribution in [3.8, 4) is 0 Å². The second-order valence-electron chi connectivity index (χ2n) is 5.46. The molecular formula is C15H20N2O4. The number of hydrogen-bond donors (Lipinski definition) is 2. The highest BCUT2D eigenvalue weighted by atomic mass is 16.4. The van der Waals surface area contributed by atoms with E-state index >= 15 is 0 Å². The van der Waals surface area contributed by atoms with Crippen LogP contribution in [0, 0.1) is 6.92 Å². The number of amides is 2. The summed E-state index contributed by atoms with van der Waals surface area (Å²) in [5, 5.41) is 18.8. The van der Waals surface area contributed by atoms with Gasteiger partial charge in [-0.2, -0.15) is 0 Å². The Labute approximate surface area is 123 Å². The summed E-state index contributed by atoms with van der Waals surface area (Å²) < 4.78 is 0. The van der Waals surface area contributed by atoms with Gasteiger partial charge in [0, 0.05) is 26.6 Å². The molecule has 2 unspecified atom stereocenters. The Kier molecular flexibility index (Phi) is 4.47. The minimum atomic E-state index is -1.08. The van der Waals surface area contributed by atoms with E-state index < -0.39 is 18.1 Å². The van der Waals surface area contributed by atoms with E-state index in [1.165, 1.54) is 9.80 Å². The number of aliphatic hydroxyl groups is 1. The summed E-state index contributed by atoms with van der Waals surface area (Å²) in [5.41, 5.74) is 2.09. The molecule has 21 heavy (non-hydrogen) atoms. The highest BCUT2D eigenvalue weighted by molar-refractivity contribution is 5.83. The van der Waals surface area contributed by atoms with E-state index in [4.69, 9.17) is 5.11 Å². The third-order valence-electron chi connectivity index (χ3n) is 3.81. The molecule has 0 aromatic heterocycles. The van der Waals surface area contributed by atoms with Crippen LogP contribution in [0.3, 0.4) is 0 Å². The van der Waals surface area contributed by atoms with Crippen LogP contribution in [0.1, 0.15) is 17.5 Å². The molecule has 2 amide bonds. The Morgan fingerprint density at radius 3 is 2.67 bits per heavy atom. The summed E-state index contributed by atoms with van der Waals surface area (Å²) in [6, 6.07) is 6.41. The molecule has 0 saturated carbocycles. The van der Waals surface area contributed by atoms with Gasteiger partial charge in [-0.1, -0.05) is 24.3 Å². The molecule has 1 aliphatic rings. The number of benzene rings is 1. The predicted octanol–water partition coefficient (Wildman–Crippen LogP) is 1.07. The molecule has 6 heteroatoms. The maximum absolute atomic E-state index is 12.4. The van der Waals surface area contributed by atoms with Crippen molar-refractivity contribution in [3.63, 3.8) is 0 Å². The molecule has 1 aromatic carbocycles. The number of likely N-dealkylation sites (tertiary alicyclic amines) is 1. The molecule has 1 fully saturated rings. The van der Waals surface area contributed by atoms with E-state index in [1.807, 2.05) is 31.2 Å². The molecule has 0 spiro atoms. The van der Waals surface area contributed by atoms with Crippen molar-refractivity contribution in [1.82, 2.24) is 9.80 Å². The quantitative estimate of drug-likeness (QED) is 0.873. The maximum Gasteiger partial charge on any atom is 0.326 e. The van der Waals surface area contributed by atoms with Crippen molar-refractivity contribution in [2.75, 3.05) is 13.6 Å². The summed E-state index contributed by atoms with van der Waals surface area (Å²) >= 11 is 0. The van der Waals surface area contributed by atoms with Crippen molar-refractivity contribution in [1.29, 1.82) is 0 Å². The number of carbonyl (C=O) groups is 2. The van der Waals surface area contributed by atoms with Crippen molar-refractivity contribution in [2.24, 2.45) is 0 Å². The van der Waals surface area contributed by atoms with Gasteiger partial charge in [-0.15, -0.1) is 0 Å². The first-order valence-electron chi connectivity index (χ1n) is 6.87. The second-order valence-corrected chi connectivity index (χ2v) is 5.46. The van der Waals surface area contributed by atoms with E-state index in [0.717, 1.165) is 11.1 Å². The lowest BCUT2D eigenvalue weighted by Gasteiger charge is -2.27. The predicted molar refractivity (Wildman–Crippen MR) is 76.8 cm³/mol. The fraction of sp³-hybridized carbons (Fsp3) is 0.467. The average molecular weight is 292 g/mol. The van der Waals surface area contributed by atoms with E-state index in [9.17, 15) is 14.7 Å². The van der Waals surface area contributed by atoms with Crippen LogP contribution in [0.5, 0.6) is 0 Å². The van der Waals surface area contributed by atoms with Crippen LogP contribution in [0.15, 0.2) is 24.3 Å². The van der Waals surface area contributed by atoms with Crippen LogP contribution < -0.4 is 0 Å². The molecule has 0 radical (unpaired) electrons. The van der Waals surface area contributed by atoms with Crippen LogP contribution in [0.2, 0.25) is 0 Å². The summed E-state index contributed by atoms with van der Waals surface area (Å²) in [4.78, 5) is 26.3. The van der Waals surface area contributed by atoms with Gasteiger partial charge in [-0.05, 0) is 18.1 Å². The average Bonchev–Trinajstić information content (AvgIpc) is 2.82. The first-order valence-corrected chi connectivity index (χ1v) is 6.87. The lowest BCUT2D eigenvalue weighted by Crippen LogP contribution is -2.46. The largest absolute Gasteiger partial charge is 0.480 e. The summed E-state index contributed by atoms with van der Waals surface area (Å²) in [7, 11) is 1.64.